The lowest BCUT2D eigenvalue weighted by atomic mass is 10.1. The Hall–Kier alpha value is -2.46. The zero-order valence-electron chi connectivity index (χ0n) is 10.6. The zero-order valence-corrected chi connectivity index (χ0v) is 12.2. The average Bonchev–Trinajstić information content (AvgIpc) is 2.44. The molecule has 0 fully saturated rings. The molecule has 0 heterocycles. The summed E-state index contributed by atoms with van der Waals surface area (Å²) in [5.74, 6) is -0.609. The van der Waals surface area contributed by atoms with Gasteiger partial charge in [-0.25, -0.2) is 4.39 Å². The van der Waals surface area contributed by atoms with Gasteiger partial charge in [0.25, 0.3) is 5.69 Å². The summed E-state index contributed by atoms with van der Waals surface area (Å²) in [6.45, 7) is 0.235. The second-order valence-electron chi connectivity index (χ2n) is 4.20. The number of non-ortho nitro benzene ring substituents is 1. The Bertz CT molecular complexity index is 743. The van der Waals surface area contributed by atoms with Crippen LogP contribution in [-0.2, 0) is 6.54 Å². The molecule has 0 aliphatic heterocycles. The average molecular weight is 350 g/mol. The molecule has 0 spiro atoms. The minimum absolute atomic E-state index is 0.0408. The van der Waals surface area contributed by atoms with E-state index >= 15 is 0 Å². The fourth-order valence-electron chi connectivity index (χ4n) is 1.82. The second kappa shape index (κ2) is 6.33. The van der Waals surface area contributed by atoms with E-state index in [9.17, 15) is 14.5 Å². The van der Waals surface area contributed by atoms with E-state index in [2.05, 4.69) is 21.2 Å². The van der Waals surface area contributed by atoms with Crippen molar-refractivity contribution in [2.24, 2.45) is 0 Å². The molecule has 0 amide bonds. The monoisotopic (exact) mass is 349 g/mol. The molecule has 5 nitrogen and oxygen atoms in total. The molecule has 21 heavy (non-hydrogen) atoms. The van der Waals surface area contributed by atoms with Crippen molar-refractivity contribution >= 4 is 27.3 Å². The summed E-state index contributed by atoms with van der Waals surface area (Å²) in [5.41, 5.74) is 0.868. The normalized spacial score (nSPS) is 9.95. The highest BCUT2D eigenvalue weighted by Crippen LogP contribution is 2.23. The third kappa shape index (κ3) is 3.55. The third-order valence-electron chi connectivity index (χ3n) is 2.76. The number of nitrogens with one attached hydrogen (secondary N) is 1. The molecule has 7 heteroatoms. The second-order valence-corrected chi connectivity index (χ2v) is 5.12. The quantitative estimate of drug-likeness (QED) is 0.668. The first kappa shape index (κ1) is 14.9. The van der Waals surface area contributed by atoms with Gasteiger partial charge in [-0.3, -0.25) is 10.1 Å². The first-order valence-electron chi connectivity index (χ1n) is 5.87. The molecule has 2 aromatic carbocycles. The molecule has 1 N–H and O–H groups in total. The SMILES string of the molecule is N#Cc1c(F)cccc1NCc1cc(Br)cc([N+](=O)[O-])c1. The highest BCUT2D eigenvalue weighted by molar-refractivity contribution is 9.10. The van der Waals surface area contributed by atoms with E-state index in [4.69, 9.17) is 5.26 Å². The molecule has 0 unspecified atom stereocenters. The topological polar surface area (TPSA) is 79.0 Å². The minimum Gasteiger partial charge on any atom is -0.380 e. The lowest BCUT2D eigenvalue weighted by Gasteiger charge is -2.09. The summed E-state index contributed by atoms with van der Waals surface area (Å²) in [6, 6.07) is 10.6. The van der Waals surface area contributed by atoms with Crippen LogP contribution in [0.2, 0.25) is 0 Å². The summed E-state index contributed by atoms with van der Waals surface area (Å²) in [6.07, 6.45) is 0. The Balaban J connectivity index is 2.23. The molecule has 0 bridgehead atoms. The van der Waals surface area contributed by atoms with Crippen LogP contribution in [0.1, 0.15) is 11.1 Å². The fourth-order valence-corrected chi connectivity index (χ4v) is 2.35. The van der Waals surface area contributed by atoms with E-state index in [1.165, 1.54) is 24.3 Å². The molecule has 2 rings (SSSR count). The van der Waals surface area contributed by atoms with Crippen molar-refractivity contribution in [3.05, 3.63) is 67.9 Å². The van der Waals surface area contributed by atoms with Gasteiger partial charge >= 0.3 is 0 Å². The fraction of sp³-hybridized carbons (Fsp3) is 0.0714. The maximum absolute atomic E-state index is 13.5. The molecule has 0 aromatic heterocycles. The summed E-state index contributed by atoms with van der Waals surface area (Å²) >= 11 is 3.20. The van der Waals surface area contributed by atoms with Crippen LogP contribution in [-0.4, -0.2) is 4.92 Å². The largest absolute Gasteiger partial charge is 0.380 e. The maximum atomic E-state index is 13.5. The summed E-state index contributed by atoms with van der Waals surface area (Å²) < 4.78 is 14.0. The molecule has 0 aliphatic carbocycles. The summed E-state index contributed by atoms with van der Waals surface area (Å²) in [5, 5.41) is 22.6. The summed E-state index contributed by atoms with van der Waals surface area (Å²) in [7, 11) is 0. The van der Waals surface area contributed by atoms with Gasteiger partial charge in [0.15, 0.2) is 0 Å². The highest BCUT2D eigenvalue weighted by Gasteiger charge is 2.10. The number of nitrogens with zero attached hydrogens (tertiary/aromatic N) is 2. The number of nitriles is 1. The van der Waals surface area contributed by atoms with E-state index in [0.29, 0.717) is 15.7 Å². The summed E-state index contributed by atoms with van der Waals surface area (Å²) in [4.78, 5) is 10.3. The molecular weight excluding hydrogens is 341 g/mol. The van der Waals surface area contributed by atoms with Crippen LogP contribution in [0.4, 0.5) is 15.8 Å². The lowest BCUT2D eigenvalue weighted by Crippen LogP contribution is -2.03. The third-order valence-corrected chi connectivity index (χ3v) is 3.22. The van der Waals surface area contributed by atoms with Crippen molar-refractivity contribution in [3.63, 3.8) is 0 Å². The number of halogens is 2. The Morgan fingerprint density at radius 1 is 1.38 bits per heavy atom. The van der Waals surface area contributed by atoms with Gasteiger partial charge in [-0.05, 0) is 23.8 Å². The van der Waals surface area contributed by atoms with Gasteiger partial charge in [0.1, 0.15) is 17.4 Å². The molecule has 0 saturated carbocycles. The number of hydrogen-bond donors (Lipinski definition) is 1. The van der Waals surface area contributed by atoms with Gasteiger partial charge in [0.05, 0.1) is 10.6 Å². The van der Waals surface area contributed by atoms with Crippen molar-refractivity contribution in [2.45, 2.75) is 6.54 Å². The van der Waals surface area contributed by atoms with Crippen LogP contribution in [0, 0.1) is 27.3 Å². The Morgan fingerprint density at radius 2 is 2.14 bits per heavy atom. The van der Waals surface area contributed by atoms with E-state index in [-0.39, 0.29) is 17.8 Å². The van der Waals surface area contributed by atoms with Crippen LogP contribution >= 0.6 is 15.9 Å². The zero-order chi connectivity index (χ0) is 15.4. The van der Waals surface area contributed by atoms with Gasteiger partial charge in [-0.1, -0.05) is 22.0 Å². The number of hydrogen-bond acceptors (Lipinski definition) is 4. The Labute approximate surface area is 128 Å². The molecule has 0 atom stereocenters. The predicted molar refractivity (Wildman–Crippen MR) is 79.2 cm³/mol. The number of rotatable bonds is 4. The predicted octanol–water partition coefficient (Wildman–Crippen LogP) is 3.98. The van der Waals surface area contributed by atoms with E-state index in [1.807, 2.05) is 0 Å². The van der Waals surface area contributed by atoms with Crippen molar-refractivity contribution < 1.29 is 9.31 Å². The smallest absolute Gasteiger partial charge is 0.270 e. The number of nitro groups is 1. The van der Waals surface area contributed by atoms with E-state index in [1.54, 1.807) is 18.2 Å². The van der Waals surface area contributed by atoms with Crippen LogP contribution in [0.3, 0.4) is 0 Å². The van der Waals surface area contributed by atoms with Crippen molar-refractivity contribution in [2.75, 3.05) is 5.32 Å². The number of nitro benzene ring substituents is 1. The van der Waals surface area contributed by atoms with Crippen LogP contribution in [0.5, 0.6) is 0 Å². The Morgan fingerprint density at radius 3 is 2.81 bits per heavy atom. The number of benzene rings is 2. The van der Waals surface area contributed by atoms with E-state index in [0.717, 1.165) is 0 Å². The molecule has 0 aliphatic rings. The van der Waals surface area contributed by atoms with Crippen molar-refractivity contribution in [1.82, 2.24) is 0 Å². The maximum Gasteiger partial charge on any atom is 0.270 e. The standard InChI is InChI=1S/C14H9BrFN3O2/c15-10-4-9(5-11(6-10)19(20)21)8-18-14-3-1-2-13(16)12(14)7-17/h1-6,18H,8H2. The van der Waals surface area contributed by atoms with Gasteiger partial charge in [0, 0.05) is 23.2 Å². The van der Waals surface area contributed by atoms with Gasteiger partial charge < -0.3 is 5.32 Å². The first-order valence-corrected chi connectivity index (χ1v) is 6.67. The van der Waals surface area contributed by atoms with Gasteiger partial charge in [-0.2, -0.15) is 5.26 Å². The van der Waals surface area contributed by atoms with Crippen molar-refractivity contribution in [3.8, 4) is 6.07 Å². The highest BCUT2D eigenvalue weighted by atomic mass is 79.9. The van der Waals surface area contributed by atoms with E-state index < -0.39 is 10.7 Å². The minimum atomic E-state index is -0.609. The first-order chi connectivity index (χ1) is 10.0. The molecule has 106 valence electrons. The molecular formula is C14H9BrFN3O2. The van der Waals surface area contributed by atoms with Crippen LogP contribution in [0.15, 0.2) is 40.9 Å². The van der Waals surface area contributed by atoms with Gasteiger partial charge in [-0.15, -0.1) is 0 Å². The molecule has 0 saturated heterocycles. The molecule has 2 aromatic rings. The Kier molecular flexibility index (Phi) is 4.50. The van der Waals surface area contributed by atoms with Crippen molar-refractivity contribution in [1.29, 1.82) is 5.26 Å². The number of anilines is 1. The van der Waals surface area contributed by atoms with Crippen LogP contribution in [0.25, 0.3) is 0 Å². The van der Waals surface area contributed by atoms with Gasteiger partial charge in [0.2, 0.25) is 0 Å². The lowest BCUT2D eigenvalue weighted by molar-refractivity contribution is -0.385. The molecule has 0 radical (unpaired) electrons. The van der Waals surface area contributed by atoms with Crippen LogP contribution < -0.4 is 5.32 Å².